The van der Waals surface area contributed by atoms with Crippen molar-refractivity contribution < 1.29 is 110 Å². The molecule has 9 rings (SSSR count). The highest BCUT2D eigenvalue weighted by Gasteiger charge is 2.45. The van der Waals surface area contributed by atoms with Gasteiger partial charge in [0, 0.05) is 74.0 Å². The number of nitrogens with one attached hydrogen (secondary N) is 4. The second kappa shape index (κ2) is 47.5. The summed E-state index contributed by atoms with van der Waals surface area (Å²) >= 11 is 0. The lowest BCUT2D eigenvalue weighted by Crippen LogP contribution is -2.53. The molecule has 0 fully saturated rings. The van der Waals surface area contributed by atoms with Crippen LogP contribution in [0.25, 0.3) is 11.1 Å². The van der Waals surface area contributed by atoms with Crippen molar-refractivity contribution in [1.82, 2.24) is 30.3 Å². The lowest BCUT2D eigenvalue weighted by Gasteiger charge is -2.31. The van der Waals surface area contributed by atoms with Crippen LogP contribution in [-0.4, -0.2) is 248 Å². The quantitative estimate of drug-likeness (QED) is 0.0178. The summed E-state index contributed by atoms with van der Waals surface area (Å²) in [5.74, 6) is -1.58. The van der Waals surface area contributed by atoms with Crippen molar-refractivity contribution in [2.75, 3.05) is 150 Å². The molecule has 1 aromatic heterocycles. The number of hydrogen-bond donors (Lipinski definition) is 7. The number of aliphatic hydroxyl groups is 1. The molecular formula is C85H111N9O23. The molecule has 0 spiro atoms. The third kappa shape index (κ3) is 27.5. The van der Waals surface area contributed by atoms with E-state index in [0.29, 0.717) is 170 Å². The number of ether oxygens (including phenoxy) is 13. The lowest BCUT2D eigenvalue weighted by atomic mass is 10.0. The van der Waals surface area contributed by atoms with Crippen molar-refractivity contribution in [3.63, 3.8) is 0 Å². The smallest absolute Gasteiger partial charge is 0.416 e. The van der Waals surface area contributed by atoms with E-state index < -0.39 is 54.1 Å². The molecule has 4 aromatic carbocycles. The number of fused-ring (bicyclic) bond motifs is 4. The molecule has 7 amide bonds. The van der Waals surface area contributed by atoms with Gasteiger partial charge in [-0.1, -0.05) is 91.7 Å². The highest BCUT2D eigenvalue weighted by Crippen LogP contribution is 2.43. The summed E-state index contributed by atoms with van der Waals surface area (Å²) in [4.78, 5) is 103. The van der Waals surface area contributed by atoms with Crippen LogP contribution in [0.5, 0.6) is 34.8 Å². The van der Waals surface area contributed by atoms with Crippen LogP contribution in [0.15, 0.2) is 138 Å². The molecule has 5 atom stereocenters. The maximum absolute atomic E-state index is 14.3. The van der Waals surface area contributed by atoms with Crippen LogP contribution < -0.4 is 45.1 Å². The second-order valence-electron chi connectivity index (χ2n) is 28.3. The van der Waals surface area contributed by atoms with Crippen LogP contribution in [0.4, 0.5) is 21.9 Å². The Morgan fingerprint density at radius 3 is 1.66 bits per heavy atom. The summed E-state index contributed by atoms with van der Waals surface area (Å²) in [6.45, 7) is 15.0. The number of carbonyl (C=O) groups excluding carboxylic acids is 7. The fourth-order valence-electron chi connectivity index (χ4n) is 12.9. The Labute approximate surface area is 681 Å². The van der Waals surface area contributed by atoms with E-state index in [2.05, 4.69) is 26.3 Å². The Hall–Kier alpha value is -10.7. The van der Waals surface area contributed by atoms with Gasteiger partial charge in [-0.3, -0.25) is 38.3 Å². The van der Waals surface area contributed by atoms with Crippen molar-refractivity contribution >= 4 is 64.8 Å². The van der Waals surface area contributed by atoms with E-state index in [1.807, 2.05) is 74.6 Å². The van der Waals surface area contributed by atoms with Gasteiger partial charge in [0.15, 0.2) is 35.1 Å². The van der Waals surface area contributed by atoms with Gasteiger partial charge < -0.3 is 108 Å². The van der Waals surface area contributed by atoms with Crippen molar-refractivity contribution in [2.45, 2.75) is 123 Å². The van der Waals surface area contributed by atoms with Crippen LogP contribution in [0.2, 0.25) is 0 Å². The van der Waals surface area contributed by atoms with Crippen molar-refractivity contribution in [1.29, 1.82) is 0 Å². The number of amides is 7. The van der Waals surface area contributed by atoms with Gasteiger partial charge >= 0.3 is 6.09 Å². The molecular weight excluding hydrogens is 1510 g/mol. The van der Waals surface area contributed by atoms with Gasteiger partial charge in [-0.2, -0.15) is 0 Å². The molecule has 32 heteroatoms. The van der Waals surface area contributed by atoms with E-state index in [1.165, 1.54) is 48.8 Å². The maximum atomic E-state index is 14.3. The normalized spacial score (nSPS) is 15.8. The third-order valence-corrected chi connectivity index (χ3v) is 19.1. The summed E-state index contributed by atoms with van der Waals surface area (Å²) in [7, 11) is 2.96. The number of aromatic hydroxyl groups is 2. The second-order valence-corrected chi connectivity index (χ2v) is 28.3. The number of methoxy groups -OCH3 is 2. The number of benzene rings is 3. The Kier molecular flexibility index (Phi) is 36.6. The number of unbranched alkanes of at least 4 members (excludes halogenated alkanes) is 2. The fraction of sp³-hybridized carbons (Fsp3) is 0.482. The van der Waals surface area contributed by atoms with Gasteiger partial charge in [-0.15, -0.1) is 0 Å². The van der Waals surface area contributed by atoms with E-state index in [9.17, 15) is 48.9 Å². The van der Waals surface area contributed by atoms with E-state index in [0.717, 1.165) is 22.5 Å². The number of carbonyl (C=O) groups is 7. The van der Waals surface area contributed by atoms with Gasteiger partial charge in [0.25, 0.3) is 11.8 Å². The molecule has 5 heterocycles. The monoisotopic (exact) mass is 1630 g/mol. The number of hydrogen-bond acceptors (Lipinski definition) is 24. The summed E-state index contributed by atoms with van der Waals surface area (Å²) in [6.07, 6.45) is 5.81. The molecule has 634 valence electrons. The molecule has 0 aliphatic carbocycles. The van der Waals surface area contributed by atoms with Gasteiger partial charge in [-0.25, -0.2) is 9.69 Å². The minimum Gasteiger partial charge on any atom is -0.494 e. The SMILES string of the molecule is COc1cc2c(cc1OCCCCCOc1cc3c(cc1OC)C(=O)N1C=C(C)CC1C(O)N3C(=O)OCc1ccc(NC(=O)C(C)NC(=O)C(NC(=O)CCOCCOCCOCCOCCOCCOCCOCCOCCNC(=O)CCn3c(O)cc(-c4ccccccccc4)c3O)C(C)C)cc1)N=CC1CC(C)=CN1C2=O. The average molecular weight is 1630 g/mol. The van der Waals surface area contributed by atoms with E-state index in [1.54, 1.807) is 67.6 Å². The molecule has 0 saturated heterocycles. The maximum Gasteiger partial charge on any atom is 0.416 e. The predicted molar refractivity (Wildman–Crippen MR) is 433 cm³/mol. The number of anilines is 2. The van der Waals surface area contributed by atoms with Crippen LogP contribution in [0.3, 0.4) is 0 Å². The summed E-state index contributed by atoms with van der Waals surface area (Å²) in [5, 5.41) is 44.3. The molecule has 4 aliphatic rings. The van der Waals surface area contributed by atoms with Crippen molar-refractivity contribution in [3.8, 4) is 45.9 Å². The predicted octanol–water partition coefficient (Wildman–Crippen LogP) is 9.08. The van der Waals surface area contributed by atoms with Gasteiger partial charge in [0.05, 0.1) is 168 Å². The number of rotatable bonds is 49. The van der Waals surface area contributed by atoms with Gasteiger partial charge in [0.2, 0.25) is 29.5 Å². The first kappa shape index (κ1) is 90.2. The topological polar surface area (TPSA) is 375 Å². The first-order chi connectivity index (χ1) is 56.7. The molecule has 5 aromatic rings. The van der Waals surface area contributed by atoms with Crippen molar-refractivity contribution in [2.24, 2.45) is 10.9 Å². The lowest BCUT2D eigenvalue weighted by molar-refractivity contribution is -0.132. The number of aromatic nitrogens is 1. The average Bonchev–Trinajstić information content (AvgIpc) is 1.62. The molecule has 7 N–H and O–H groups in total. The fourth-order valence-corrected chi connectivity index (χ4v) is 12.9. The summed E-state index contributed by atoms with van der Waals surface area (Å²) < 4.78 is 75.2. The summed E-state index contributed by atoms with van der Waals surface area (Å²) in [6, 6.07) is 28.1. The van der Waals surface area contributed by atoms with Gasteiger partial charge in [0.1, 0.15) is 18.7 Å². The highest BCUT2D eigenvalue weighted by atomic mass is 16.6. The minimum absolute atomic E-state index is 0.0161. The number of nitrogens with zero attached hydrogens (tertiary/aromatic N) is 5. The molecule has 5 unspecified atom stereocenters. The minimum atomic E-state index is -1.53. The molecule has 0 saturated carbocycles. The Morgan fingerprint density at radius 1 is 0.547 bits per heavy atom. The molecule has 0 bridgehead atoms. The van der Waals surface area contributed by atoms with Crippen LogP contribution >= 0.6 is 0 Å². The van der Waals surface area contributed by atoms with Crippen LogP contribution in [0.1, 0.15) is 106 Å². The summed E-state index contributed by atoms with van der Waals surface area (Å²) in [5.41, 5.74) is 5.07. The van der Waals surface area contributed by atoms with E-state index in [-0.39, 0.29) is 111 Å². The third-order valence-electron chi connectivity index (χ3n) is 19.1. The zero-order valence-electron chi connectivity index (χ0n) is 67.6. The van der Waals surface area contributed by atoms with E-state index in [4.69, 9.17) is 61.6 Å². The molecule has 32 nitrogen and oxygen atoms in total. The molecule has 4 aliphatic heterocycles. The van der Waals surface area contributed by atoms with Crippen LogP contribution in [0, 0.1) is 5.92 Å². The number of aliphatic imine (C=N–C) groups is 1. The van der Waals surface area contributed by atoms with Crippen LogP contribution in [-0.2, 0) is 75.0 Å². The zero-order chi connectivity index (χ0) is 83.4. The van der Waals surface area contributed by atoms with Crippen molar-refractivity contribution in [3.05, 3.63) is 149 Å². The Balaban J connectivity index is 0.570. The van der Waals surface area contributed by atoms with E-state index >= 15 is 0 Å². The molecule has 0 radical (unpaired) electrons. The standard InChI is InChI=1S/C85H111N9O23/c1-57(2)78(90-76(96)25-30-107-32-34-109-36-38-111-40-42-113-44-45-114-43-41-112-39-37-110-35-33-108-31-26-86-75(95)24-27-91-77(97)50-65(81(91)100)62-18-14-11-9-8-10-12-15-19-62)80(99)88-60(5)79(98)89-63-22-20-61(21-23-63)56-117-85(104)94-69-52-74(72(106-7)49-67(69)83(102)93-55-59(4)47-70(93)84(94)103)116-29-17-13-16-28-115-73-51-68-66(48-71(73)105-6)82(101)92-54-58(3)46-64(92)53-87-68/h8-12,14-15,18-23,48-55,57,60,64,70,78,84,97,100,103H,13,16-17,24-47,56H2,1-7H3,(H,86,95)(H,88,99)(H,89,98)(H,90,96). The van der Waals surface area contributed by atoms with Gasteiger partial charge in [-0.05, 0) is 94.2 Å². The largest absolute Gasteiger partial charge is 0.494 e. The Morgan fingerprint density at radius 2 is 1.08 bits per heavy atom. The number of aliphatic hydroxyl groups excluding tert-OH is 1. The first-order valence-electron chi connectivity index (χ1n) is 39.5. The Bertz CT molecular complexity index is 4240. The zero-order valence-corrected chi connectivity index (χ0v) is 67.6. The molecule has 117 heavy (non-hydrogen) atoms. The highest BCUT2D eigenvalue weighted by molar-refractivity contribution is 6.07. The first-order valence-corrected chi connectivity index (χ1v) is 39.5.